The highest BCUT2D eigenvalue weighted by Crippen LogP contribution is 2.19. The zero-order valence-corrected chi connectivity index (χ0v) is 16.6. The number of aryl methyl sites for hydroxylation is 2. The summed E-state index contributed by atoms with van der Waals surface area (Å²) in [6.45, 7) is 4.18. The van der Waals surface area contributed by atoms with Gasteiger partial charge in [0.1, 0.15) is 5.75 Å². The molecule has 0 spiro atoms. The summed E-state index contributed by atoms with van der Waals surface area (Å²) in [7, 11) is 0. The van der Waals surface area contributed by atoms with Crippen molar-refractivity contribution >= 4 is 17.5 Å². The monoisotopic (exact) mass is 388 g/mol. The summed E-state index contributed by atoms with van der Waals surface area (Å²) < 4.78 is 5.64. The first-order valence-electron chi connectivity index (χ1n) is 9.44. The second kappa shape index (κ2) is 9.55. The van der Waals surface area contributed by atoms with E-state index in [-0.39, 0.29) is 18.4 Å². The van der Waals surface area contributed by atoms with Crippen LogP contribution in [0.5, 0.6) is 5.75 Å². The van der Waals surface area contributed by atoms with Gasteiger partial charge in [-0.15, -0.1) is 0 Å². The Hall–Kier alpha value is -3.60. The lowest BCUT2D eigenvalue weighted by Crippen LogP contribution is -2.25. The van der Waals surface area contributed by atoms with Crippen molar-refractivity contribution in [1.29, 1.82) is 0 Å². The van der Waals surface area contributed by atoms with Gasteiger partial charge >= 0.3 is 0 Å². The standard InChI is InChI=1S/C24H24N2O3/c1-17-12-13-21(18(2)14-17)26-23(27)16-29-22-11-7-6-10-20(22)24(28)25-15-19-8-4-3-5-9-19/h3-14H,15-16H2,1-2H3,(H,25,28)(H,26,27). The maximum Gasteiger partial charge on any atom is 0.262 e. The molecule has 0 heterocycles. The molecule has 0 saturated carbocycles. The third-order valence-electron chi connectivity index (χ3n) is 4.44. The molecule has 0 atom stereocenters. The van der Waals surface area contributed by atoms with Gasteiger partial charge in [-0.3, -0.25) is 9.59 Å². The van der Waals surface area contributed by atoms with E-state index < -0.39 is 0 Å². The Morgan fingerprint density at radius 3 is 2.38 bits per heavy atom. The van der Waals surface area contributed by atoms with E-state index in [4.69, 9.17) is 4.74 Å². The van der Waals surface area contributed by atoms with E-state index in [1.165, 1.54) is 0 Å². The molecule has 0 aliphatic carbocycles. The minimum atomic E-state index is -0.281. The molecule has 29 heavy (non-hydrogen) atoms. The van der Waals surface area contributed by atoms with Crippen LogP contribution in [0.15, 0.2) is 72.8 Å². The summed E-state index contributed by atoms with van der Waals surface area (Å²) in [4.78, 5) is 24.8. The normalized spacial score (nSPS) is 10.3. The molecule has 148 valence electrons. The highest BCUT2D eigenvalue weighted by atomic mass is 16.5. The predicted molar refractivity (Wildman–Crippen MR) is 114 cm³/mol. The van der Waals surface area contributed by atoms with Crippen molar-refractivity contribution in [1.82, 2.24) is 5.32 Å². The Morgan fingerprint density at radius 2 is 1.62 bits per heavy atom. The van der Waals surface area contributed by atoms with Gasteiger partial charge in [-0.1, -0.05) is 60.2 Å². The lowest BCUT2D eigenvalue weighted by atomic mass is 10.1. The van der Waals surface area contributed by atoms with Crippen molar-refractivity contribution in [2.45, 2.75) is 20.4 Å². The van der Waals surface area contributed by atoms with Crippen LogP contribution in [0.25, 0.3) is 0 Å². The average molecular weight is 388 g/mol. The van der Waals surface area contributed by atoms with Gasteiger partial charge in [-0.05, 0) is 43.2 Å². The number of carbonyl (C=O) groups is 2. The van der Waals surface area contributed by atoms with Crippen LogP contribution < -0.4 is 15.4 Å². The van der Waals surface area contributed by atoms with Gasteiger partial charge < -0.3 is 15.4 Å². The van der Waals surface area contributed by atoms with Gasteiger partial charge in [0, 0.05) is 12.2 Å². The van der Waals surface area contributed by atoms with Crippen LogP contribution in [0.3, 0.4) is 0 Å². The van der Waals surface area contributed by atoms with E-state index in [1.807, 2.05) is 62.4 Å². The van der Waals surface area contributed by atoms with Crippen LogP contribution in [0, 0.1) is 13.8 Å². The van der Waals surface area contributed by atoms with Gasteiger partial charge in [0.2, 0.25) is 0 Å². The summed E-state index contributed by atoms with van der Waals surface area (Å²) in [5.74, 6) is -0.162. The Labute approximate surface area is 170 Å². The fourth-order valence-corrected chi connectivity index (χ4v) is 2.94. The van der Waals surface area contributed by atoms with Crippen LogP contribution in [0.4, 0.5) is 5.69 Å². The van der Waals surface area contributed by atoms with Gasteiger partial charge in [-0.2, -0.15) is 0 Å². The lowest BCUT2D eigenvalue weighted by molar-refractivity contribution is -0.118. The summed E-state index contributed by atoms with van der Waals surface area (Å²) in [6.07, 6.45) is 0. The van der Waals surface area contributed by atoms with Crippen LogP contribution >= 0.6 is 0 Å². The van der Waals surface area contributed by atoms with E-state index in [1.54, 1.807) is 24.3 Å². The highest BCUT2D eigenvalue weighted by molar-refractivity contribution is 5.97. The summed E-state index contributed by atoms with van der Waals surface area (Å²) in [5.41, 5.74) is 4.26. The van der Waals surface area contributed by atoms with Gasteiger partial charge in [0.25, 0.3) is 11.8 Å². The smallest absolute Gasteiger partial charge is 0.262 e. The van der Waals surface area contributed by atoms with Crippen molar-refractivity contribution in [3.05, 3.63) is 95.1 Å². The van der Waals surface area contributed by atoms with Crippen LogP contribution in [-0.4, -0.2) is 18.4 Å². The van der Waals surface area contributed by atoms with Crippen molar-refractivity contribution in [2.75, 3.05) is 11.9 Å². The number of hydrogen-bond acceptors (Lipinski definition) is 3. The highest BCUT2D eigenvalue weighted by Gasteiger charge is 2.13. The molecule has 0 aliphatic heterocycles. The zero-order chi connectivity index (χ0) is 20.6. The molecule has 0 bridgehead atoms. The Morgan fingerprint density at radius 1 is 0.897 bits per heavy atom. The molecule has 0 radical (unpaired) electrons. The van der Waals surface area contributed by atoms with E-state index in [0.29, 0.717) is 17.9 Å². The SMILES string of the molecule is Cc1ccc(NC(=O)COc2ccccc2C(=O)NCc2ccccc2)c(C)c1. The molecule has 3 aromatic carbocycles. The number of benzene rings is 3. The molecule has 0 unspecified atom stereocenters. The van der Waals surface area contributed by atoms with E-state index in [9.17, 15) is 9.59 Å². The summed E-state index contributed by atoms with van der Waals surface area (Å²) in [6, 6.07) is 22.4. The average Bonchev–Trinajstić information content (AvgIpc) is 2.73. The van der Waals surface area contributed by atoms with E-state index in [0.717, 1.165) is 22.4 Å². The molecule has 5 nitrogen and oxygen atoms in total. The first-order valence-corrected chi connectivity index (χ1v) is 9.44. The molecule has 2 N–H and O–H groups in total. The number of anilines is 1. The number of para-hydroxylation sites is 1. The maximum absolute atomic E-state index is 12.6. The number of carbonyl (C=O) groups excluding carboxylic acids is 2. The molecule has 0 aromatic heterocycles. The Balaban J connectivity index is 1.59. The minimum Gasteiger partial charge on any atom is -0.483 e. The molecular weight excluding hydrogens is 364 g/mol. The number of ether oxygens (including phenoxy) is 1. The predicted octanol–water partition coefficient (Wildman–Crippen LogP) is 4.25. The molecule has 5 heteroatoms. The molecular formula is C24H24N2O3. The van der Waals surface area contributed by atoms with Crippen LogP contribution in [-0.2, 0) is 11.3 Å². The Kier molecular flexibility index (Phi) is 6.63. The van der Waals surface area contributed by atoms with Crippen molar-refractivity contribution < 1.29 is 14.3 Å². The largest absolute Gasteiger partial charge is 0.483 e. The molecule has 0 fully saturated rings. The fourth-order valence-electron chi connectivity index (χ4n) is 2.94. The number of rotatable bonds is 7. The van der Waals surface area contributed by atoms with E-state index in [2.05, 4.69) is 10.6 Å². The molecule has 3 rings (SSSR count). The van der Waals surface area contributed by atoms with E-state index >= 15 is 0 Å². The number of nitrogens with one attached hydrogen (secondary N) is 2. The molecule has 3 aromatic rings. The van der Waals surface area contributed by atoms with Crippen molar-refractivity contribution in [2.24, 2.45) is 0 Å². The van der Waals surface area contributed by atoms with Crippen LogP contribution in [0.2, 0.25) is 0 Å². The second-order valence-corrected chi connectivity index (χ2v) is 6.82. The lowest BCUT2D eigenvalue weighted by Gasteiger charge is -2.13. The maximum atomic E-state index is 12.6. The third-order valence-corrected chi connectivity index (χ3v) is 4.44. The van der Waals surface area contributed by atoms with Gasteiger partial charge in [0.05, 0.1) is 5.56 Å². The van der Waals surface area contributed by atoms with Crippen molar-refractivity contribution in [3.63, 3.8) is 0 Å². The number of amides is 2. The topological polar surface area (TPSA) is 67.4 Å². The summed E-state index contributed by atoms with van der Waals surface area (Å²) in [5, 5.41) is 5.71. The quantitative estimate of drug-likeness (QED) is 0.636. The minimum absolute atomic E-state index is 0.184. The molecule has 0 saturated heterocycles. The second-order valence-electron chi connectivity index (χ2n) is 6.82. The zero-order valence-electron chi connectivity index (χ0n) is 16.6. The molecule has 0 aliphatic rings. The van der Waals surface area contributed by atoms with Gasteiger partial charge in [-0.25, -0.2) is 0 Å². The number of hydrogen-bond donors (Lipinski definition) is 2. The molecule has 2 amide bonds. The first kappa shape index (κ1) is 20.1. The summed E-state index contributed by atoms with van der Waals surface area (Å²) >= 11 is 0. The van der Waals surface area contributed by atoms with Gasteiger partial charge in [0.15, 0.2) is 6.61 Å². The Bertz CT molecular complexity index is 1000. The van der Waals surface area contributed by atoms with Crippen molar-refractivity contribution in [3.8, 4) is 5.75 Å². The first-order chi connectivity index (χ1) is 14.0. The third kappa shape index (κ3) is 5.69. The fraction of sp³-hybridized carbons (Fsp3) is 0.167. The van der Waals surface area contributed by atoms with Crippen LogP contribution in [0.1, 0.15) is 27.0 Å².